The molecular weight excluding hydrogens is 428 g/mol. The number of piperidine rings is 1. The molecule has 0 aromatic heterocycles. The van der Waals surface area contributed by atoms with E-state index in [-0.39, 0.29) is 16.4 Å². The molecule has 1 heterocycles. The lowest BCUT2D eigenvalue weighted by Crippen LogP contribution is -2.38. The third-order valence-corrected chi connectivity index (χ3v) is 7.31. The molecule has 0 aliphatic carbocycles. The van der Waals surface area contributed by atoms with Crippen molar-refractivity contribution in [2.45, 2.75) is 37.5 Å². The Hall–Kier alpha value is -2.58. The minimum atomic E-state index is -3.75. The Labute approximate surface area is 190 Å². The fourth-order valence-corrected chi connectivity index (χ4v) is 4.91. The van der Waals surface area contributed by atoms with Crippen molar-refractivity contribution in [3.63, 3.8) is 0 Å². The van der Waals surface area contributed by atoms with Crippen LogP contribution in [0, 0.1) is 5.92 Å². The first-order chi connectivity index (χ1) is 15.3. The van der Waals surface area contributed by atoms with Gasteiger partial charge in [-0.3, -0.25) is 4.79 Å². The number of likely N-dealkylation sites (tertiary alicyclic amines) is 1. The summed E-state index contributed by atoms with van der Waals surface area (Å²) in [5.41, 5.74) is 1.36. The second-order valence-corrected chi connectivity index (χ2v) is 9.96. The maximum Gasteiger partial charge on any atom is 0.257 e. The first-order valence-electron chi connectivity index (χ1n) is 10.9. The summed E-state index contributed by atoms with van der Waals surface area (Å²) in [6, 6.07) is 12.2. The van der Waals surface area contributed by atoms with Gasteiger partial charge in [-0.15, -0.1) is 0 Å². The van der Waals surface area contributed by atoms with Gasteiger partial charge in [-0.05, 0) is 67.5 Å². The predicted octanol–water partition coefficient (Wildman–Crippen LogP) is 3.49. The number of carbonyl (C=O) groups excluding carboxylic acids is 1. The minimum absolute atomic E-state index is 0.0633. The highest BCUT2D eigenvalue weighted by Gasteiger charge is 2.26. The number of sulfonamides is 1. The van der Waals surface area contributed by atoms with Crippen LogP contribution < -0.4 is 14.2 Å². The molecule has 0 spiro atoms. The average Bonchev–Trinajstić information content (AvgIpc) is 2.81. The molecule has 1 fully saturated rings. The van der Waals surface area contributed by atoms with Gasteiger partial charge >= 0.3 is 0 Å². The van der Waals surface area contributed by atoms with Crippen LogP contribution in [0.2, 0.25) is 0 Å². The number of benzene rings is 2. The van der Waals surface area contributed by atoms with Crippen LogP contribution in [-0.4, -0.2) is 53.1 Å². The first kappa shape index (κ1) is 24.1. The van der Waals surface area contributed by atoms with Crippen molar-refractivity contribution in [3.8, 4) is 11.5 Å². The maximum absolute atomic E-state index is 13.1. The lowest BCUT2D eigenvalue weighted by atomic mass is 9.98. The van der Waals surface area contributed by atoms with Crippen LogP contribution in [0.4, 0.5) is 0 Å². The van der Waals surface area contributed by atoms with E-state index in [0.29, 0.717) is 37.7 Å². The summed E-state index contributed by atoms with van der Waals surface area (Å²) in [7, 11) is -0.650. The van der Waals surface area contributed by atoms with Crippen molar-refractivity contribution >= 4 is 15.9 Å². The fraction of sp³-hybridized carbons (Fsp3) is 0.458. The van der Waals surface area contributed by atoms with E-state index in [9.17, 15) is 13.2 Å². The van der Waals surface area contributed by atoms with E-state index in [0.717, 1.165) is 30.6 Å². The summed E-state index contributed by atoms with van der Waals surface area (Å²) < 4.78 is 38.9. The van der Waals surface area contributed by atoms with Crippen LogP contribution in [0.15, 0.2) is 47.4 Å². The van der Waals surface area contributed by atoms with E-state index in [4.69, 9.17) is 9.47 Å². The Morgan fingerprint density at radius 1 is 1.09 bits per heavy atom. The number of aryl methyl sites for hydroxylation is 1. The third kappa shape index (κ3) is 6.01. The molecule has 0 bridgehead atoms. The quantitative estimate of drug-likeness (QED) is 0.579. The smallest absolute Gasteiger partial charge is 0.257 e. The number of ether oxygens (including phenoxy) is 2. The highest BCUT2D eigenvalue weighted by atomic mass is 32.2. The molecule has 174 valence electrons. The van der Waals surface area contributed by atoms with Crippen LogP contribution in [0.3, 0.4) is 0 Å². The van der Waals surface area contributed by atoms with Gasteiger partial charge in [0, 0.05) is 19.6 Å². The van der Waals surface area contributed by atoms with Crippen molar-refractivity contribution in [2.75, 3.05) is 33.9 Å². The van der Waals surface area contributed by atoms with Crippen molar-refractivity contribution in [1.29, 1.82) is 0 Å². The Kier molecular flexibility index (Phi) is 8.15. The molecule has 1 N–H and O–H groups in total. The van der Waals surface area contributed by atoms with Crippen molar-refractivity contribution < 1.29 is 22.7 Å². The second-order valence-electron chi connectivity index (χ2n) is 8.19. The molecule has 1 aliphatic rings. The van der Waals surface area contributed by atoms with Gasteiger partial charge in [-0.2, -0.15) is 0 Å². The van der Waals surface area contributed by atoms with Gasteiger partial charge in [0.25, 0.3) is 5.91 Å². The number of methoxy groups -OCH3 is 2. The van der Waals surface area contributed by atoms with E-state index in [1.807, 2.05) is 24.3 Å². The number of nitrogens with zero attached hydrogens (tertiary/aromatic N) is 1. The topological polar surface area (TPSA) is 84.9 Å². The summed E-state index contributed by atoms with van der Waals surface area (Å²) in [4.78, 5) is 14.9. The summed E-state index contributed by atoms with van der Waals surface area (Å²) in [5, 5.41) is 0. The van der Waals surface area contributed by atoms with Crippen LogP contribution in [-0.2, 0) is 16.4 Å². The summed E-state index contributed by atoms with van der Waals surface area (Å²) >= 11 is 0. The van der Waals surface area contributed by atoms with Crippen molar-refractivity contribution in [2.24, 2.45) is 5.92 Å². The van der Waals surface area contributed by atoms with Gasteiger partial charge in [0.1, 0.15) is 11.5 Å². The Balaban J connectivity index is 1.66. The first-order valence-corrected chi connectivity index (χ1v) is 12.4. The van der Waals surface area contributed by atoms with E-state index in [1.165, 1.54) is 19.2 Å². The average molecular weight is 461 g/mol. The molecule has 0 radical (unpaired) electrons. The molecule has 7 nitrogen and oxygen atoms in total. The Morgan fingerprint density at radius 3 is 2.53 bits per heavy atom. The van der Waals surface area contributed by atoms with E-state index in [1.54, 1.807) is 18.1 Å². The van der Waals surface area contributed by atoms with Gasteiger partial charge < -0.3 is 14.4 Å². The molecule has 2 aromatic rings. The molecule has 0 saturated carbocycles. The zero-order valence-electron chi connectivity index (χ0n) is 19.0. The van der Waals surface area contributed by atoms with E-state index in [2.05, 4.69) is 11.6 Å². The predicted molar refractivity (Wildman–Crippen MR) is 124 cm³/mol. The van der Waals surface area contributed by atoms with Crippen LogP contribution in [0.5, 0.6) is 11.5 Å². The van der Waals surface area contributed by atoms with Crippen molar-refractivity contribution in [3.05, 3.63) is 53.6 Å². The normalized spacial score (nSPS) is 14.9. The van der Waals surface area contributed by atoms with Gasteiger partial charge in [-0.1, -0.05) is 19.1 Å². The molecule has 1 saturated heterocycles. The summed E-state index contributed by atoms with van der Waals surface area (Å²) in [6.07, 6.45) is 3.25. The van der Waals surface area contributed by atoms with Gasteiger partial charge in [0.05, 0.1) is 24.7 Å². The maximum atomic E-state index is 13.1. The lowest BCUT2D eigenvalue weighted by molar-refractivity contribution is 0.0693. The van der Waals surface area contributed by atoms with Crippen LogP contribution >= 0.6 is 0 Å². The Morgan fingerprint density at radius 2 is 1.84 bits per heavy atom. The van der Waals surface area contributed by atoms with Gasteiger partial charge in [0.15, 0.2) is 0 Å². The number of nitrogens with one attached hydrogen (secondary N) is 1. The number of hydrogen-bond acceptors (Lipinski definition) is 5. The van der Waals surface area contributed by atoms with Gasteiger partial charge in [-0.25, -0.2) is 13.1 Å². The molecule has 0 unspecified atom stereocenters. The van der Waals surface area contributed by atoms with Crippen molar-refractivity contribution in [1.82, 2.24) is 9.62 Å². The molecule has 8 heteroatoms. The molecule has 2 aromatic carbocycles. The second kappa shape index (κ2) is 10.8. The molecule has 1 aliphatic heterocycles. The minimum Gasteiger partial charge on any atom is -0.497 e. The molecule has 1 amide bonds. The van der Waals surface area contributed by atoms with Crippen LogP contribution in [0.25, 0.3) is 0 Å². The monoisotopic (exact) mass is 460 g/mol. The van der Waals surface area contributed by atoms with E-state index >= 15 is 0 Å². The molecular formula is C24H32N2O5S. The molecule has 3 rings (SSSR count). The van der Waals surface area contributed by atoms with Gasteiger partial charge in [0.2, 0.25) is 10.0 Å². The number of carbonyl (C=O) groups is 1. The third-order valence-electron chi connectivity index (χ3n) is 5.85. The molecule has 0 atom stereocenters. The fourth-order valence-electron chi connectivity index (χ4n) is 3.81. The number of rotatable bonds is 9. The highest BCUT2D eigenvalue weighted by Crippen LogP contribution is 2.26. The lowest BCUT2D eigenvalue weighted by Gasteiger charge is -2.30. The zero-order chi connectivity index (χ0) is 23.1. The van der Waals surface area contributed by atoms with E-state index < -0.39 is 10.0 Å². The number of amides is 1. The Bertz CT molecular complexity index is 1030. The SMILES string of the molecule is COc1cccc(CCCNS(=O)(=O)c2ccc(OC)c(C(=O)N3CCC(C)CC3)c2)c1. The largest absolute Gasteiger partial charge is 0.497 e. The highest BCUT2D eigenvalue weighted by molar-refractivity contribution is 7.89. The molecule has 32 heavy (non-hydrogen) atoms. The standard InChI is InChI=1S/C24H32N2O5S/c1-18-11-14-26(15-12-18)24(27)22-17-21(9-10-23(22)31-3)32(28,29)25-13-5-7-19-6-4-8-20(16-19)30-2/h4,6,8-10,16-18,25H,5,7,11-15H2,1-3H3. The summed E-state index contributed by atoms with van der Waals surface area (Å²) in [5.74, 6) is 1.56. The van der Waals surface area contributed by atoms with Crippen LogP contribution in [0.1, 0.15) is 42.1 Å². The number of hydrogen-bond donors (Lipinski definition) is 1. The zero-order valence-corrected chi connectivity index (χ0v) is 19.8. The summed E-state index contributed by atoms with van der Waals surface area (Å²) in [6.45, 7) is 3.81.